The number of aromatic nitrogens is 2. The van der Waals surface area contributed by atoms with Crippen molar-refractivity contribution in [3.05, 3.63) is 42.2 Å². The predicted octanol–water partition coefficient (Wildman–Crippen LogP) is 0.440. The molecule has 1 aromatic carbocycles. The number of carbonyl (C=O) groups is 1. The molecule has 2 aromatic rings. The van der Waals surface area contributed by atoms with E-state index in [0.717, 1.165) is 11.4 Å². The number of carbonyl (C=O) groups excluding carboxylic acids is 1. The molecule has 14 heavy (non-hydrogen) atoms. The van der Waals surface area contributed by atoms with Crippen molar-refractivity contribution in [3.63, 3.8) is 0 Å². The molecule has 1 N–H and O–H groups in total. The monoisotopic (exact) mass is 187 g/mol. The minimum absolute atomic E-state index is 0.167. The number of carboxylic acid groups (broad SMARTS) is 1. The molecule has 0 bridgehead atoms. The van der Waals surface area contributed by atoms with Gasteiger partial charge in [-0.2, -0.15) is 0 Å². The van der Waals surface area contributed by atoms with Crippen LogP contribution in [0.25, 0.3) is 11.4 Å². The van der Waals surface area contributed by atoms with Crippen LogP contribution < -0.4 is 5.11 Å². The average Bonchev–Trinajstić information content (AvgIpc) is 2.71. The van der Waals surface area contributed by atoms with E-state index >= 15 is 0 Å². The van der Waals surface area contributed by atoms with Crippen LogP contribution in [-0.2, 0) is 0 Å². The van der Waals surface area contributed by atoms with Gasteiger partial charge < -0.3 is 14.9 Å². The van der Waals surface area contributed by atoms with Crippen LogP contribution in [-0.4, -0.2) is 15.9 Å². The Morgan fingerprint density at radius 2 is 2.00 bits per heavy atom. The summed E-state index contributed by atoms with van der Waals surface area (Å²) in [5.74, 6) is -0.453. The van der Waals surface area contributed by atoms with Crippen molar-refractivity contribution in [3.8, 4) is 11.4 Å². The van der Waals surface area contributed by atoms with Gasteiger partial charge in [-0.1, -0.05) is 24.3 Å². The molecule has 0 unspecified atom stereocenters. The van der Waals surface area contributed by atoms with Crippen molar-refractivity contribution in [2.24, 2.45) is 0 Å². The number of hydrogen-bond acceptors (Lipinski definition) is 3. The number of hydrogen-bond donors (Lipinski definition) is 1. The Labute approximate surface area is 80.2 Å². The maximum atomic E-state index is 10.5. The first-order valence-electron chi connectivity index (χ1n) is 4.08. The molecule has 4 nitrogen and oxygen atoms in total. The molecule has 2 rings (SSSR count). The molecule has 0 aliphatic rings. The van der Waals surface area contributed by atoms with E-state index < -0.39 is 5.97 Å². The minimum Gasteiger partial charge on any atom is -0.545 e. The number of H-pyrrole nitrogens is 1. The summed E-state index contributed by atoms with van der Waals surface area (Å²) in [6, 6.07) is 6.36. The number of aromatic amines is 1. The van der Waals surface area contributed by atoms with E-state index in [1.54, 1.807) is 24.5 Å². The first-order valence-corrected chi connectivity index (χ1v) is 4.08. The fourth-order valence-electron chi connectivity index (χ4n) is 1.19. The highest BCUT2D eigenvalue weighted by Crippen LogP contribution is 2.14. The number of benzene rings is 1. The van der Waals surface area contributed by atoms with Crippen LogP contribution in [0.15, 0.2) is 36.7 Å². The lowest BCUT2D eigenvalue weighted by molar-refractivity contribution is -0.255. The maximum Gasteiger partial charge on any atom is 0.137 e. The number of nitrogens with one attached hydrogen (secondary N) is 1. The molecular weight excluding hydrogens is 180 g/mol. The summed E-state index contributed by atoms with van der Waals surface area (Å²) in [4.78, 5) is 17.4. The Morgan fingerprint density at radius 3 is 2.50 bits per heavy atom. The summed E-state index contributed by atoms with van der Waals surface area (Å²) in [5.41, 5.74) is 1.01. The Morgan fingerprint density at radius 1 is 1.29 bits per heavy atom. The Balaban J connectivity index is 2.36. The normalized spacial score (nSPS) is 10.0. The van der Waals surface area contributed by atoms with Crippen LogP contribution in [0.1, 0.15) is 10.4 Å². The highest BCUT2D eigenvalue weighted by Gasteiger charge is 1.99. The van der Waals surface area contributed by atoms with Crippen molar-refractivity contribution >= 4 is 5.97 Å². The molecule has 0 saturated carbocycles. The molecule has 0 aliphatic carbocycles. The lowest BCUT2D eigenvalue weighted by Gasteiger charge is -2.02. The highest BCUT2D eigenvalue weighted by molar-refractivity contribution is 5.86. The van der Waals surface area contributed by atoms with Crippen molar-refractivity contribution in [1.29, 1.82) is 0 Å². The molecule has 70 valence electrons. The number of rotatable bonds is 2. The molecule has 0 aliphatic heterocycles. The van der Waals surface area contributed by atoms with Crippen molar-refractivity contribution < 1.29 is 9.90 Å². The van der Waals surface area contributed by atoms with Crippen molar-refractivity contribution in [1.82, 2.24) is 9.97 Å². The zero-order valence-corrected chi connectivity index (χ0v) is 7.23. The van der Waals surface area contributed by atoms with E-state index in [9.17, 15) is 9.90 Å². The van der Waals surface area contributed by atoms with Crippen LogP contribution in [0.3, 0.4) is 0 Å². The van der Waals surface area contributed by atoms with Gasteiger partial charge in [0.05, 0.1) is 5.97 Å². The minimum atomic E-state index is -1.17. The molecule has 4 heteroatoms. The number of carboxylic acids is 1. The molecule has 1 heterocycles. The lowest BCUT2D eigenvalue weighted by Crippen LogP contribution is -2.21. The maximum absolute atomic E-state index is 10.5. The predicted molar refractivity (Wildman–Crippen MR) is 48.4 cm³/mol. The van der Waals surface area contributed by atoms with Crippen molar-refractivity contribution in [2.45, 2.75) is 0 Å². The van der Waals surface area contributed by atoms with Crippen LogP contribution >= 0.6 is 0 Å². The van der Waals surface area contributed by atoms with E-state index in [-0.39, 0.29) is 5.56 Å². The summed E-state index contributed by atoms with van der Waals surface area (Å²) in [6.45, 7) is 0. The standard InChI is InChI=1S/C10H8N2O2/c13-10(14)8-3-1-7(2-4-8)9-11-5-6-12-9/h1-6H,(H,11,12)(H,13,14)/p-1. The third-order valence-corrected chi connectivity index (χ3v) is 1.89. The first kappa shape index (κ1) is 8.50. The largest absolute Gasteiger partial charge is 0.545 e. The summed E-state index contributed by atoms with van der Waals surface area (Å²) in [7, 11) is 0. The van der Waals surface area contributed by atoms with E-state index in [2.05, 4.69) is 9.97 Å². The van der Waals surface area contributed by atoms with Gasteiger partial charge in [-0.3, -0.25) is 0 Å². The van der Waals surface area contributed by atoms with Gasteiger partial charge in [-0.15, -0.1) is 0 Å². The van der Waals surface area contributed by atoms with Crippen LogP contribution in [0, 0.1) is 0 Å². The third kappa shape index (κ3) is 1.50. The summed E-state index contributed by atoms with van der Waals surface area (Å²) in [6.07, 6.45) is 3.35. The molecule has 0 fully saturated rings. The van der Waals surface area contributed by atoms with Gasteiger partial charge in [0.25, 0.3) is 0 Å². The van der Waals surface area contributed by atoms with Gasteiger partial charge in [0, 0.05) is 18.0 Å². The molecule has 0 amide bonds. The van der Waals surface area contributed by atoms with E-state index in [1.165, 1.54) is 12.1 Å². The molecule has 0 spiro atoms. The average molecular weight is 187 g/mol. The Kier molecular flexibility index (Phi) is 2.02. The quantitative estimate of drug-likeness (QED) is 0.741. The van der Waals surface area contributed by atoms with Gasteiger partial charge in [-0.25, -0.2) is 4.98 Å². The smallest absolute Gasteiger partial charge is 0.137 e. The second-order valence-corrected chi connectivity index (χ2v) is 2.80. The molecule has 1 aromatic heterocycles. The number of imidazole rings is 1. The fraction of sp³-hybridized carbons (Fsp3) is 0. The topological polar surface area (TPSA) is 68.8 Å². The van der Waals surface area contributed by atoms with E-state index in [1.807, 2.05) is 0 Å². The van der Waals surface area contributed by atoms with E-state index in [4.69, 9.17) is 0 Å². The first-order chi connectivity index (χ1) is 6.77. The van der Waals surface area contributed by atoms with Gasteiger partial charge >= 0.3 is 0 Å². The molecule has 0 radical (unpaired) electrons. The summed E-state index contributed by atoms with van der Waals surface area (Å²) < 4.78 is 0. The Hall–Kier alpha value is -2.10. The second-order valence-electron chi connectivity index (χ2n) is 2.80. The lowest BCUT2D eigenvalue weighted by atomic mass is 10.1. The van der Waals surface area contributed by atoms with Gasteiger partial charge in [-0.05, 0) is 5.56 Å². The number of aromatic carboxylic acids is 1. The molecule has 0 saturated heterocycles. The van der Waals surface area contributed by atoms with Crippen molar-refractivity contribution in [2.75, 3.05) is 0 Å². The van der Waals surface area contributed by atoms with Crippen LogP contribution in [0.4, 0.5) is 0 Å². The molecule has 0 atom stereocenters. The van der Waals surface area contributed by atoms with Gasteiger partial charge in [0.15, 0.2) is 0 Å². The van der Waals surface area contributed by atoms with Crippen LogP contribution in [0.5, 0.6) is 0 Å². The zero-order chi connectivity index (χ0) is 9.97. The third-order valence-electron chi connectivity index (χ3n) is 1.89. The fourth-order valence-corrected chi connectivity index (χ4v) is 1.19. The Bertz CT molecular complexity index is 432. The molecular formula is C10H7N2O2-. The SMILES string of the molecule is O=C([O-])c1ccc(-c2ncc[nH]2)cc1. The van der Waals surface area contributed by atoms with Crippen LogP contribution in [0.2, 0.25) is 0 Å². The van der Waals surface area contributed by atoms with Gasteiger partial charge in [0.1, 0.15) is 5.82 Å². The summed E-state index contributed by atoms with van der Waals surface area (Å²) in [5, 5.41) is 10.5. The zero-order valence-electron chi connectivity index (χ0n) is 7.23. The number of nitrogens with zero attached hydrogens (tertiary/aromatic N) is 1. The van der Waals surface area contributed by atoms with E-state index in [0.29, 0.717) is 0 Å². The highest BCUT2D eigenvalue weighted by atomic mass is 16.4. The summed E-state index contributed by atoms with van der Waals surface area (Å²) >= 11 is 0. The van der Waals surface area contributed by atoms with Gasteiger partial charge in [0.2, 0.25) is 0 Å². The second kappa shape index (κ2) is 3.33.